The Labute approximate surface area is 59.7 Å². The zero-order valence-electron chi connectivity index (χ0n) is 5.05. The molecule has 0 aromatic carbocycles. The van der Waals surface area contributed by atoms with Crippen molar-refractivity contribution >= 4 is 11.9 Å². The van der Waals surface area contributed by atoms with Gasteiger partial charge in [-0.1, -0.05) is 0 Å². The van der Waals surface area contributed by atoms with Crippen molar-refractivity contribution in [3.05, 3.63) is 21.9 Å². The number of rotatable bonds is 3. The first kappa shape index (κ1) is 9.08. The Morgan fingerprint density at radius 3 is 1.91 bits per heavy atom. The van der Waals surface area contributed by atoms with Crippen LogP contribution >= 0.6 is 0 Å². The third kappa shape index (κ3) is 2.94. The number of nitrogens with zero attached hydrogens (tertiary/aromatic N) is 1. The molecule has 0 aromatic heterocycles. The molecule has 60 valence electrons. The molecule has 0 heterocycles. The molecule has 7 heteroatoms. The van der Waals surface area contributed by atoms with Crippen LogP contribution in [0.4, 0.5) is 0 Å². The largest absolute Gasteiger partial charge is 0.478 e. The van der Waals surface area contributed by atoms with E-state index in [1.54, 1.807) is 0 Å². The van der Waals surface area contributed by atoms with Crippen molar-refractivity contribution in [2.75, 3.05) is 0 Å². The van der Waals surface area contributed by atoms with Crippen LogP contribution in [0, 0.1) is 10.1 Å². The fourth-order valence-corrected chi connectivity index (χ4v) is 0.309. The van der Waals surface area contributed by atoms with Crippen molar-refractivity contribution in [1.29, 1.82) is 0 Å². The Morgan fingerprint density at radius 1 is 1.36 bits per heavy atom. The van der Waals surface area contributed by atoms with Crippen LogP contribution in [0.15, 0.2) is 11.8 Å². The minimum absolute atomic E-state index is 0.0162. The van der Waals surface area contributed by atoms with Crippen molar-refractivity contribution in [2.24, 2.45) is 0 Å². The Hall–Kier alpha value is -1.92. The Balaban J connectivity index is 4.75. The fourth-order valence-electron chi connectivity index (χ4n) is 0.309. The van der Waals surface area contributed by atoms with Gasteiger partial charge in [0.1, 0.15) is 6.08 Å². The molecule has 0 aliphatic rings. The number of aliphatic carboxylic acids is 2. The molecule has 0 radical (unpaired) electrons. The van der Waals surface area contributed by atoms with Gasteiger partial charge in [-0.15, -0.1) is 0 Å². The predicted octanol–water partition coefficient (Wildman–Crippen LogP) is -0.684. The average Bonchev–Trinajstić information content (AvgIpc) is 1.81. The minimum Gasteiger partial charge on any atom is -0.478 e. The van der Waals surface area contributed by atoms with Gasteiger partial charge >= 0.3 is 17.6 Å². The van der Waals surface area contributed by atoms with E-state index in [1.807, 2.05) is 0 Å². The van der Waals surface area contributed by atoms with Crippen molar-refractivity contribution < 1.29 is 24.7 Å². The Morgan fingerprint density at radius 2 is 1.82 bits per heavy atom. The van der Waals surface area contributed by atoms with E-state index >= 15 is 0 Å². The van der Waals surface area contributed by atoms with E-state index in [4.69, 9.17) is 10.2 Å². The maximum absolute atomic E-state index is 9.90. The molecular formula is C4H3NO6. The Kier molecular flexibility index (Phi) is 2.72. The predicted molar refractivity (Wildman–Crippen MR) is 30.3 cm³/mol. The minimum atomic E-state index is -1.88. The van der Waals surface area contributed by atoms with E-state index in [9.17, 15) is 19.7 Å². The van der Waals surface area contributed by atoms with Crippen LogP contribution in [0.3, 0.4) is 0 Å². The van der Waals surface area contributed by atoms with Gasteiger partial charge in [0.25, 0.3) is 0 Å². The summed E-state index contributed by atoms with van der Waals surface area (Å²) in [4.78, 5) is 28.2. The van der Waals surface area contributed by atoms with Crippen molar-refractivity contribution in [1.82, 2.24) is 0 Å². The van der Waals surface area contributed by atoms with Crippen LogP contribution in [0.2, 0.25) is 0 Å². The highest BCUT2D eigenvalue weighted by Gasteiger charge is 2.21. The summed E-state index contributed by atoms with van der Waals surface area (Å²) in [5.41, 5.74) is -1.36. The fraction of sp³-hybridized carbons (Fsp3) is 0. The number of carboxylic acid groups (broad SMARTS) is 2. The lowest BCUT2D eigenvalue weighted by Crippen LogP contribution is -2.12. The third-order valence-corrected chi connectivity index (χ3v) is 0.676. The lowest BCUT2D eigenvalue weighted by atomic mass is 10.4. The normalized spacial score (nSPS) is 10.7. The van der Waals surface area contributed by atoms with Crippen LogP contribution in [0.25, 0.3) is 0 Å². The molecule has 0 rings (SSSR count). The summed E-state index contributed by atoms with van der Waals surface area (Å²) < 4.78 is 0. The van der Waals surface area contributed by atoms with Gasteiger partial charge in [0, 0.05) is 0 Å². The topological polar surface area (TPSA) is 118 Å². The smallest absolute Gasteiger partial charge is 0.407 e. The molecule has 0 amide bonds. The molecule has 0 atom stereocenters. The highest BCUT2D eigenvalue weighted by molar-refractivity contribution is 5.92. The van der Waals surface area contributed by atoms with Crippen LogP contribution < -0.4 is 0 Å². The number of hydrogen-bond donors (Lipinski definition) is 2. The van der Waals surface area contributed by atoms with E-state index < -0.39 is 22.6 Å². The molecule has 0 aliphatic heterocycles. The highest BCUT2D eigenvalue weighted by atomic mass is 16.6. The lowest BCUT2D eigenvalue weighted by Gasteiger charge is -1.87. The molecule has 0 bridgehead atoms. The standard InChI is InChI=1S/C4H3NO6/c6-3(7)1-2(4(8)9)5(10)11/h1H,(H,6,7)(H,8,9). The van der Waals surface area contributed by atoms with Gasteiger partial charge in [-0.05, 0) is 0 Å². The lowest BCUT2D eigenvalue weighted by molar-refractivity contribution is -0.421. The summed E-state index contributed by atoms with van der Waals surface area (Å²) in [7, 11) is 0. The van der Waals surface area contributed by atoms with Gasteiger partial charge in [-0.2, -0.15) is 0 Å². The molecule has 0 spiro atoms. The molecule has 11 heavy (non-hydrogen) atoms. The molecule has 0 saturated carbocycles. The molecular weight excluding hydrogens is 158 g/mol. The van der Waals surface area contributed by atoms with Crippen LogP contribution in [-0.2, 0) is 9.59 Å². The van der Waals surface area contributed by atoms with E-state index in [1.165, 1.54) is 0 Å². The van der Waals surface area contributed by atoms with Gasteiger partial charge in [0.05, 0.1) is 4.92 Å². The van der Waals surface area contributed by atoms with Crippen LogP contribution in [-0.4, -0.2) is 27.1 Å². The van der Waals surface area contributed by atoms with Gasteiger partial charge in [-0.3, -0.25) is 10.1 Å². The quantitative estimate of drug-likeness (QED) is 0.321. The Bertz CT molecular complexity index is 225. The monoisotopic (exact) mass is 161 g/mol. The second-order valence-electron chi connectivity index (χ2n) is 1.43. The summed E-state index contributed by atoms with van der Waals surface area (Å²) in [6.07, 6.45) is 0.0162. The number of carboxylic acids is 2. The first-order chi connectivity index (χ1) is 4.95. The van der Waals surface area contributed by atoms with Gasteiger partial charge in [0.15, 0.2) is 0 Å². The van der Waals surface area contributed by atoms with E-state index in [0.29, 0.717) is 0 Å². The number of nitro groups is 1. The maximum Gasteiger partial charge on any atom is 0.407 e. The van der Waals surface area contributed by atoms with E-state index in [0.717, 1.165) is 0 Å². The summed E-state index contributed by atoms with van der Waals surface area (Å²) in [6.45, 7) is 0. The van der Waals surface area contributed by atoms with Crippen molar-refractivity contribution in [2.45, 2.75) is 0 Å². The maximum atomic E-state index is 9.90. The summed E-state index contributed by atoms with van der Waals surface area (Å²) in [5.74, 6) is -3.54. The second-order valence-corrected chi connectivity index (χ2v) is 1.43. The molecule has 0 aromatic rings. The molecule has 0 fully saturated rings. The SMILES string of the molecule is O=C(O)C=C(C(=O)O)[N+](=O)[O-]. The number of hydrogen-bond acceptors (Lipinski definition) is 4. The van der Waals surface area contributed by atoms with Gasteiger partial charge < -0.3 is 10.2 Å². The molecule has 7 nitrogen and oxygen atoms in total. The molecule has 0 unspecified atom stereocenters. The van der Waals surface area contributed by atoms with Crippen molar-refractivity contribution in [3.63, 3.8) is 0 Å². The van der Waals surface area contributed by atoms with Gasteiger partial charge in [-0.25, -0.2) is 9.59 Å². The zero-order valence-corrected chi connectivity index (χ0v) is 5.05. The van der Waals surface area contributed by atoms with Crippen molar-refractivity contribution in [3.8, 4) is 0 Å². The summed E-state index contributed by atoms with van der Waals surface area (Å²) >= 11 is 0. The third-order valence-electron chi connectivity index (χ3n) is 0.676. The van der Waals surface area contributed by atoms with E-state index in [-0.39, 0.29) is 6.08 Å². The summed E-state index contributed by atoms with van der Waals surface area (Å²) in [6, 6.07) is 0. The molecule has 0 aliphatic carbocycles. The first-order valence-electron chi connectivity index (χ1n) is 2.27. The zero-order chi connectivity index (χ0) is 9.02. The summed E-state index contributed by atoms with van der Waals surface area (Å²) in [5, 5.41) is 25.7. The first-order valence-corrected chi connectivity index (χ1v) is 2.27. The highest BCUT2D eigenvalue weighted by Crippen LogP contribution is 1.94. The van der Waals surface area contributed by atoms with Gasteiger partial charge in [0.2, 0.25) is 0 Å². The number of carbonyl (C=O) groups is 2. The second kappa shape index (κ2) is 3.30. The molecule has 0 saturated heterocycles. The van der Waals surface area contributed by atoms with Crippen LogP contribution in [0.5, 0.6) is 0 Å². The molecule has 2 N–H and O–H groups in total. The average molecular weight is 161 g/mol. The van der Waals surface area contributed by atoms with Crippen LogP contribution in [0.1, 0.15) is 0 Å². The van der Waals surface area contributed by atoms with E-state index in [2.05, 4.69) is 0 Å².